The Labute approximate surface area is 179 Å². The molecule has 0 radical (unpaired) electrons. The topological polar surface area (TPSA) is 108 Å². The minimum Gasteiger partial charge on any atom is -0.377 e. The van der Waals surface area contributed by atoms with Crippen molar-refractivity contribution in [3.63, 3.8) is 0 Å². The summed E-state index contributed by atoms with van der Waals surface area (Å²) < 4.78 is 5.63. The van der Waals surface area contributed by atoms with E-state index >= 15 is 0 Å². The van der Waals surface area contributed by atoms with Gasteiger partial charge in [-0.05, 0) is 44.2 Å². The third kappa shape index (κ3) is 4.14. The Hall–Kier alpha value is -3.30. The molecule has 3 aromatic rings. The van der Waals surface area contributed by atoms with Gasteiger partial charge in [0.05, 0.1) is 24.9 Å². The molecule has 0 spiro atoms. The quantitative estimate of drug-likeness (QED) is 0.588. The lowest BCUT2D eigenvalue weighted by Crippen LogP contribution is -2.45. The van der Waals surface area contributed by atoms with Crippen molar-refractivity contribution in [1.82, 2.24) is 25.3 Å². The van der Waals surface area contributed by atoms with Crippen molar-refractivity contribution in [2.45, 2.75) is 25.9 Å². The second-order valence-electron chi connectivity index (χ2n) is 7.83. The van der Waals surface area contributed by atoms with E-state index in [1.54, 1.807) is 0 Å². The fourth-order valence-electron chi connectivity index (χ4n) is 4.02. The van der Waals surface area contributed by atoms with Gasteiger partial charge < -0.3 is 20.3 Å². The number of benzene rings is 1. The van der Waals surface area contributed by atoms with E-state index in [0.717, 1.165) is 48.8 Å². The first-order valence-corrected chi connectivity index (χ1v) is 10.5. The average molecular weight is 419 g/mol. The Kier molecular flexibility index (Phi) is 5.35. The summed E-state index contributed by atoms with van der Waals surface area (Å²) in [6.07, 6.45) is 2.40. The minimum atomic E-state index is -0.199. The minimum absolute atomic E-state index is 0.199. The van der Waals surface area contributed by atoms with E-state index in [1.807, 2.05) is 24.3 Å². The van der Waals surface area contributed by atoms with Crippen molar-refractivity contribution < 1.29 is 4.74 Å². The molecule has 0 bridgehead atoms. The zero-order chi connectivity index (χ0) is 21.2. The molecule has 4 heterocycles. The molecule has 2 aliphatic rings. The van der Waals surface area contributed by atoms with Gasteiger partial charge in [-0.15, -0.1) is 0 Å². The number of aromatic amines is 1. The number of nitrogens with zero attached hydrogens (tertiary/aromatic N) is 4. The Morgan fingerprint density at radius 1 is 1.19 bits per heavy atom. The van der Waals surface area contributed by atoms with E-state index in [1.165, 1.54) is 17.8 Å². The van der Waals surface area contributed by atoms with Crippen molar-refractivity contribution in [3.05, 3.63) is 58.1 Å². The molecular formula is C22H25N7O2. The monoisotopic (exact) mass is 419 g/mol. The van der Waals surface area contributed by atoms with Crippen LogP contribution in [-0.4, -0.2) is 52.3 Å². The zero-order valence-electron chi connectivity index (χ0n) is 17.4. The third-order valence-electron chi connectivity index (χ3n) is 5.63. The molecule has 31 heavy (non-hydrogen) atoms. The lowest BCUT2D eigenvalue weighted by Gasteiger charge is -2.36. The van der Waals surface area contributed by atoms with Crippen LogP contribution in [0.1, 0.15) is 18.2 Å². The average Bonchev–Trinajstić information content (AvgIpc) is 2.79. The van der Waals surface area contributed by atoms with E-state index in [0.29, 0.717) is 25.0 Å². The molecule has 160 valence electrons. The van der Waals surface area contributed by atoms with Gasteiger partial charge in [0.25, 0.3) is 5.56 Å². The number of nitrogens with one attached hydrogen (secondary N) is 3. The first-order chi connectivity index (χ1) is 15.2. The van der Waals surface area contributed by atoms with Gasteiger partial charge in [0.1, 0.15) is 5.82 Å². The highest BCUT2D eigenvalue weighted by molar-refractivity contribution is 5.65. The van der Waals surface area contributed by atoms with Crippen LogP contribution in [0.15, 0.2) is 41.3 Å². The third-order valence-corrected chi connectivity index (χ3v) is 5.63. The predicted octanol–water partition coefficient (Wildman–Crippen LogP) is 1.84. The van der Waals surface area contributed by atoms with Crippen molar-refractivity contribution in [3.8, 4) is 11.4 Å². The van der Waals surface area contributed by atoms with Gasteiger partial charge in [0, 0.05) is 42.2 Å². The molecule has 9 heteroatoms. The molecule has 1 atom stereocenters. The Morgan fingerprint density at radius 3 is 2.87 bits per heavy atom. The van der Waals surface area contributed by atoms with Crippen LogP contribution < -0.4 is 21.1 Å². The van der Waals surface area contributed by atoms with Crippen LogP contribution in [0.2, 0.25) is 0 Å². The highest BCUT2D eigenvalue weighted by atomic mass is 16.5. The molecule has 0 unspecified atom stereocenters. The summed E-state index contributed by atoms with van der Waals surface area (Å²) in [6, 6.07) is 9.48. The van der Waals surface area contributed by atoms with Crippen LogP contribution in [0.25, 0.3) is 11.4 Å². The maximum absolute atomic E-state index is 11.5. The second kappa shape index (κ2) is 8.44. The van der Waals surface area contributed by atoms with E-state index in [2.05, 4.69) is 32.4 Å². The van der Waals surface area contributed by atoms with Crippen LogP contribution in [-0.2, 0) is 17.7 Å². The summed E-state index contributed by atoms with van der Waals surface area (Å²) in [5.41, 5.74) is 3.87. The summed E-state index contributed by atoms with van der Waals surface area (Å²) in [7, 11) is 0. The van der Waals surface area contributed by atoms with Gasteiger partial charge in [-0.25, -0.2) is 15.0 Å². The number of hydrogen-bond acceptors (Lipinski definition) is 8. The molecule has 0 aliphatic carbocycles. The van der Waals surface area contributed by atoms with Gasteiger partial charge in [-0.1, -0.05) is 0 Å². The van der Waals surface area contributed by atoms with E-state index in [9.17, 15) is 4.79 Å². The van der Waals surface area contributed by atoms with Gasteiger partial charge in [0.15, 0.2) is 5.82 Å². The summed E-state index contributed by atoms with van der Waals surface area (Å²) in [6.45, 7) is 6.13. The summed E-state index contributed by atoms with van der Waals surface area (Å²) >= 11 is 0. The molecule has 2 aliphatic heterocycles. The molecule has 0 amide bonds. The smallest absolute Gasteiger partial charge is 0.252 e. The highest BCUT2D eigenvalue weighted by Gasteiger charge is 2.27. The van der Waals surface area contributed by atoms with Crippen LogP contribution in [0.4, 0.5) is 17.5 Å². The number of rotatable bonds is 4. The number of H-pyrrole nitrogens is 1. The van der Waals surface area contributed by atoms with Crippen molar-refractivity contribution in [1.29, 1.82) is 0 Å². The van der Waals surface area contributed by atoms with Crippen LogP contribution in [0.5, 0.6) is 0 Å². The van der Waals surface area contributed by atoms with Gasteiger partial charge in [-0.2, -0.15) is 0 Å². The number of ether oxygens (including phenoxy) is 1. The predicted molar refractivity (Wildman–Crippen MR) is 119 cm³/mol. The first-order valence-electron chi connectivity index (χ1n) is 10.5. The first kappa shape index (κ1) is 19.7. The van der Waals surface area contributed by atoms with E-state index in [4.69, 9.17) is 14.7 Å². The molecule has 2 aromatic heterocycles. The molecule has 1 saturated heterocycles. The number of anilines is 3. The zero-order valence-corrected chi connectivity index (χ0v) is 17.4. The normalized spacial score (nSPS) is 18.5. The van der Waals surface area contributed by atoms with Gasteiger partial charge in [-0.3, -0.25) is 9.78 Å². The van der Waals surface area contributed by atoms with Gasteiger partial charge >= 0.3 is 0 Å². The number of hydrogen-bond donors (Lipinski definition) is 3. The summed E-state index contributed by atoms with van der Waals surface area (Å²) in [4.78, 5) is 30.5. The van der Waals surface area contributed by atoms with Crippen LogP contribution in [0.3, 0.4) is 0 Å². The summed E-state index contributed by atoms with van der Waals surface area (Å²) in [5, 5.41) is 6.53. The maximum Gasteiger partial charge on any atom is 0.252 e. The Morgan fingerprint density at radius 2 is 2.06 bits per heavy atom. The van der Waals surface area contributed by atoms with Crippen LogP contribution >= 0.6 is 0 Å². The van der Waals surface area contributed by atoms with E-state index < -0.39 is 0 Å². The lowest BCUT2D eigenvalue weighted by atomic mass is 10.0. The molecule has 9 nitrogen and oxygen atoms in total. The molecule has 3 N–H and O–H groups in total. The molecular weight excluding hydrogens is 394 g/mol. The number of aromatic nitrogens is 4. The maximum atomic E-state index is 11.5. The highest BCUT2D eigenvalue weighted by Crippen LogP contribution is 2.30. The van der Waals surface area contributed by atoms with Crippen molar-refractivity contribution in [2.24, 2.45) is 0 Å². The largest absolute Gasteiger partial charge is 0.377 e. The van der Waals surface area contributed by atoms with Crippen molar-refractivity contribution >= 4 is 17.5 Å². The Bertz CT molecular complexity index is 1130. The summed E-state index contributed by atoms with van der Waals surface area (Å²) in [5.74, 6) is 2.15. The van der Waals surface area contributed by atoms with Crippen LogP contribution in [0, 0.1) is 0 Å². The second-order valence-corrected chi connectivity index (χ2v) is 7.83. The molecule has 1 aromatic carbocycles. The lowest BCUT2D eigenvalue weighted by molar-refractivity contribution is 0.0984. The SMILES string of the molecule is C[C@H]1COCCN1c1nc(-c2ccc(Nc3nccc(=O)[nH]3)cc2)nc2c1CCNC2. The van der Waals surface area contributed by atoms with E-state index in [-0.39, 0.29) is 11.6 Å². The standard InChI is InChI=1S/C22H25N7O2/c1-14-13-31-11-10-29(14)21-17-6-8-23-12-18(17)26-20(28-21)15-2-4-16(5-3-15)25-22-24-9-7-19(30)27-22/h2-5,7,9,14,23H,6,8,10-13H2,1H3,(H2,24,25,27,30)/t14-/m0/s1. The fourth-order valence-corrected chi connectivity index (χ4v) is 4.02. The number of fused-ring (bicyclic) bond motifs is 1. The fraction of sp³-hybridized carbons (Fsp3) is 0.364. The molecule has 5 rings (SSSR count). The molecule has 1 fully saturated rings. The van der Waals surface area contributed by atoms with Crippen molar-refractivity contribution in [2.75, 3.05) is 36.5 Å². The Balaban J connectivity index is 1.47. The molecule has 0 saturated carbocycles. The van der Waals surface area contributed by atoms with Gasteiger partial charge in [0.2, 0.25) is 5.95 Å². The number of morpholine rings is 1.